The molecule has 0 spiro atoms. The third-order valence-corrected chi connectivity index (χ3v) is 3.38. The van der Waals surface area contributed by atoms with Crippen LogP contribution in [-0.2, 0) is 6.42 Å². The molecule has 0 atom stereocenters. The molecule has 3 nitrogen and oxygen atoms in total. The van der Waals surface area contributed by atoms with Gasteiger partial charge in [0.25, 0.3) is 0 Å². The van der Waals surface area contributed by atoms with Crippen LogP contribution in [0.25, 0.3) is 16.9 Å². The number of aromatic nitrogens is 3. The molecule has 0 saturated carbocycles. The van der Waals surface area contributed by atoms with Crippen LogP contribution in [0.4, 0.5) is 0 Å². The van der Waals surface area contributed by atoms with Crippen LogP contribution >= 0.6 is 0 Å². The Labute approximate surface area is 118 Å². The van der Waals surface area contributed by atoms with Gasteiger partial charge in [0.15, 0.2) is 0 Å². The van der Waals surface area contributed by atoms with E-state index in [4.69, 9.17) is 5.10 Å². The van der Waals surface area contributed by atoms with Gasteiger partial charge in [0.05, 0.1) is 11.4 Å². The summed E-state index contributed by atoms with van der Waals surface area (Å²) in [6.07, 6.45) is 4.57. The molecule has 1 aromatic carbocycles. The number of hydrogen-bond acceptors (Lipinski definition) is 2. The van der Waals surface area contributed by atoms with Crippen LogP contribution in [0.15, 0.2) is 54.9 Å². The Kier molecular flexibility index (Phi) is 3.33. The van der Waals surface area contributed by atoms with Crippen molar-refractivity contribution in [1.82, 2.24) is 14.8 Å². The number of rotatable bonds is 3. The van der Waals surface area contributed by atoms with Crippen molar-refractivity contribution in [3.8, 4) is 16.9 Å². The van der Waals surface area contributed by atoms with E-state index in [9.17, 15) is 0 Å². The molecule has 100 valence electrons. The molecule has 0 unspecified atom stereocenters. The molecule has 3 heteroatoms. The van der Waals surface area contributed by atoms with E-state index in [0.29, 0.717) is 0 Å². The predicted octanol–water partition coefficient (Wildman–Crippen LogP) is 3.81. The maximum atomic E-state index is 4.73. The molecule has 0 aliphatic rings. The monoisotopic (exact) mass is 263 g/mol. The molecule has 0 fully saturated rings. The van der Waals surface area contributed by atoms with Crippen molar-refractivity contribution in [2.45, 2.75) is 20.3 Å². The molecule has 0 bridgehead atoms. The minimum atomic E-state index is 0.946. The maximum absolute atomic E-state index is 4.73. The Hall–Kier alpha value is -2.42. The molecule has 0 radical (unpaired) electrons. The van der Waals surface area contributed by atoms with Gasteiger partial charge < -0.3 is 0 Å². The SMILES string of the molecule is CCc1cc(-c2cccnc2)nn1-c1ccc(C)cc1. The summed E-state index contributed by atoms with van der Waals surface area (Å²) in [6, 6.07) is 14.5. The van der Waals surface area contributed by atoms with Gasteiger partial charge in [-0.1, -0.05) is 24.6 Å². The summed E-state index contributed by atoms with van der Waals surface area (Å²) in [5.41, 5.74) is 5.57. The van der Waals surface area contributed by atoms with E-state index >= 15 is 0 Å². The fraction of sp³-hybridized carbons (Fsp3) is 0.176. The number of pyridine rings is 1. The fourth-order valence-electron chi connectivity index (χ4n) is 2.24. The number of aryl methyl sites for hydroxylation is 2. The second-order valence-corrected chi connectivity index (χ2v) is 4.86. The van der Waals surface area contributed by atoms with Crippen LogP contribution in [0, 0.1) is 6.92 Å². The lowest BCUT2D eigenvalue weighted by molar-refractivity contribution is 0.816. The Morgan fingerprint density at radius 2 is 1.90 bits per heavy atom. The van der Waals surface area contributed by atoms with E-state index in [1.54, 1.807) is 6.20 Å². The highest BCUT2D eigenvalue weighted by atomic mass is 15.3. The molecule has 0 saturated heterocycles. The molecular weight excluding hydrogens is 246 g/mol. The Morgan fingerprint density at radius 3 is 2.55 bits per heavy atom. The second kappa shape index (κ2) is 5.29. The van der Waals surface area contributed by atoms with Crippen molar-refractivity contribution < 1.29 is 0 Å². The van der Waals surface area contributed by atoms with E-state index in [0.717, 1.165) is 23.4 Å². The van der Waals surface area contributed by atoms with E-state index in [1.807, 2.05) is 23.0 Å². The van der Waals surface area contributed by atoms with Crippen molar-refractivity contribution >= 4 is 0 Å². The van der Waals surface area contributed by atoms with Crippen LogP contribution in [0.5, 0.6) is 0 Å². The molecule has 2 heterocycles. The summed E-state index contributed by atoms with van der Waals surface area (Å²) in [6.45, 7) is 4.24. The average Bonchev–Trinajstić information content (AvgIpc) is 2.93. The van der Waals surface area contributed by atoms with Crippen LogP contribution in [0.3, 0.4) is 0 Å². The van der Waals surface area contributed by atoms with Gasteiger partial charge in [-0.15, -0.1) is 0 Å². The molecular formula is C17H17N3. The minimum Gasteiger partial charge on any atom is -0.264 e. The zero-order valence-electron chi connectivity index (χ0n) is 11.7. The lowest BCUT2D eigenvalue weighted by Crippen LogP contribution is -2.01. The Morgan fingerprint density at radius 1 is 1.10 bits per heavy atom. The highest BCUT2D eigenvalue weighted by molar-refractivity contribution is 5.58. The third-order valence-electron chi connectivity index (χ3n) is 3.38. The van der Waals surface area contributed by atoms with Crippen molar-refractivity contribution in [2.24, 2.45) is 0 Å². The molecule has 20 heavy (non-hydrogen) atoms. The second-order valence-electron chi connectivity index (χ2n) is 4.86. The summed E-state index contributed by atoms with van der Waals surface area (Å²) < 4.78 is 2.02. The molecule has 2 aromatic heterocycles. The smallest absolute Gasteiger partial charge is 0.0945 e. The normalized spacial score (nSPS) is 10.7. The van der Waals surface area contributed by atoms with Crippen LogP contribution in [-0.4, -0.2) is 14.8 Å². The number of nitrogens with zero attached hydrogens (tertiary/aromatic N) is 3. The molecule has 3 rings (SSSR count). The first-order valence-corrected chi connectivity index (χ1v) is 6.84. The summed E-state index contributed by atoms with van der Waals surface area (Å²) in [5.74, 6) is 0. The van der Waals surface area contributed by atoms with Gasteiger partial charge in [0, 0.05) is 23.7 Å². The number of benzene rings is 1. The topological polar surface area (TPSA) is 30.7 Å². The van der Waals surface area contributed by atoms with E-state index in [1.165, 1.54) is 11.3 Å². The van der Waals surface area contributed by atoms with Crippen molar-refractivity contribution in [2.75, 3.05) is 0 Å². The van der Waals surface area contributed by atoms with Gasteiger partial charge in [0.2, 0.25) is 0 Å². The maximum Gasteiger partial charge on any atom is 0.0945 e. The van der Waals surface area contributed by atoms with Gasteiger partial charge in [-0.2, -0.15) is 5.10 Å². The lowest BCUT2D eigenvalue weighted by Gasteiger charge is -2.05. The van der Waals surface area contributed by atoms with Crippen molar-refractivity contribution in [1.29, 1.82) is 0 Å². The fourth-order valence-corrected chi connectivity index (χ4v) is 2.24. The van der Waals surface area contributed by atoms with Crippen LogP contribution in [0.1, 0.15) is 18.2 Å². The Balaban J connectivity index is 2.07. The minimum absolute atomic E-state index is 0.946. The summed E-state index contributed by atoms with van der Waals surface area (Å²) in [7, 11) is 0. The molecule has 0 aliphatic heterocycles. The zero-order chi connectivity index (χ0) is 13.9. The highest BCUT2D eigenvalue weighted by Gasteiger charge is 2.09. The summed E-state index contributed by atoms with van der Waals surface area (Å²) in [5, 5.41) is 4.73. The van der Waals surface area contributed by atoms with Gasteiger partial charge in [0.1, 0.15) is 0 Å². The van der Waals surface area contributed by atoms with Crippen molar-refractivity contribution in [3.63, 3.8) is 0 Å². The standard InChI is InChI=1S/C17H17N3/c1-3-15-11-17(14-5-4-10-18-12-14)19-20(15)16-8-6-13(2)7-9-16/h4-12H,3H2,1-2H3. The van der Waals surface area contributed by atoms with Gasteiger partial charge in [-0.3, -0.25) is 4.98 Å². The molecule has 0 N–H and O–H groups in total. The molecule has 0 amide bonds. The largest absolute Gasteiger partial charge is 0.264 e. The quantitative estimate of drug-likeness (QED) is 0.719. The predicted molar refractivity (Wildman–Crippen MR) is 80.9 cm³/mol. The van der Waals surface area contributed by atoms with Crippen molar-refractivity contribution in [3.05, 3.63) is 66.1 Å². The Bertz CT molecular complexity index is 697. The first-order valence-electron chi connectivity index (χ1n) is 6.84. The average molecular weight is 263 g/mol. The lowest BCUT2D eigenvalue weighted by atomic mass is 10.2. The molecule has 3 aromatic rings. The molecule has 0 aliphatic carbocycles. The zero-order valence-corrected chi connectivity index (χ0v) is 11.7. The van der Waals surface area contributed by atoms with E-state index in [2.05, 4.69) is 49.2 Å². The van der Waals surface area contributed by atoms with Gasteiger partial charge in [-0.05, 0) is 43.7 Å². The third kappa shape index (κ3) is 2.35. The van der Waals surface area contributed by atoms with E-state index in [-0.39, 0.29) is 0 Å². The number of hydrogen-bond donors (Lipinski definition) is 0. The highest BCUT2D eigenvalue weighted by Crippen LogP contribution is 2.21. The van der Waals surface area contributed by atoms with Crippen LogP contribution in [0.2, 0.25) is 0 Å². The van der Waals surface area contributed by atoms with Gasteiger partial charge in [-0.25, -0.2) is 4.68 Å². The first kappa shape index (κ1) is 12.6. The summed E-state index contributed by atoms with van der Waals surface area (Å²) in [4.78, 5) is 4.16. The van der Waals surface area contributed by atoms with E-state index < -0.39 is 0 Å². The van der Waals surface area contributed by atoms with Crippen LogP contribution < -0.4 is 0 Å². The summed E-state index contributed by atoms with van der Waals surface area (Å²) >= 11 is 0. The first-order chi connectivity index (χ1) is 9.78. The van der Waals surface area contributed by atoms with Gasteiger partial charge >= 0.3 is 0 Å².